The van der Waals surface area contributed by atoms with Crippen LogP contribution in [0.25, 0.3) is 0 Å². The zero-order valence-corrected chi connectivity index (χ0v) is 33.9. The SMILES string of the molecule is C1CCCCCC(C(C2CCCCCCCCCCC2)(C2CCCCCCCCCCC2)C2CCCCCCCCCCC2)CCCCC1. The fourth-order valence-corrected chi connectivity index (χ4v) is 12.7. The standard InChI is InChI=1S/C49H92/c1-5-13-21-29-37-45(38-30-22-14-6-1)49(46-39-31-23-15-7-2-8-16-24-32-40-46,47-41-33-25-17-9-3-10-18-26-34-42-47)48-43-35-27-19-11-4-12-20-28-36-44-48/h45-48H,1-44H2. The molecule has 0 spiro atoms. The van der Waals surface area contributed by atoms with Gasteiger partial charge in [-0.05, 0) is 80.5 Å². The van der Waals surface area contributed by atoms with Crippen LogP contribution < -0.4 is 0 Å². The third kappa shape index (κ3) is 15.9. The first-order chi connectivity index (χ1) is 24.4. The summed E-state index contributed by atoms with van der Waals surface area (Å²) in [6, 6.07) is 0. The van der Waals surface area contributed by atoms with Crippen molar-refractivity contribution in [2.45, 2.75) is 283 Å². The molecule has 0 bridgehead atoms. The van der Waals surface area contributed by atoms with Crippen molar-refractivity contribution in [1.82, 2.24) is 0 Å². The molecule has 0 aromatic rings. The van der Waals surface area contributed by atoms with Crippen LogP contribution in [0.3, 0.4) is 0 Å². The molecule has 0 heteroatoms. The molecule has 49 heavy (non-hydrogen) atoms. The number of hydrogen-bond acceptors (Lipinski definition) is 0. The van der Waals surface area contributed by atoms with Gasteiger partial charge in [0, 0.05) is 0 Å². The van der Waals surface area contributed by atoms with E-state index in [1.807, 2.05) is 0 Å². The van der Waals surface area contributed by atoms with Gasteiger partial charge >= 0.3 is 0 Å². The highest BCUT2D eigenvalue weighted by molar-refractivity contribution is 5.02. The highest BCUT2D eigenvalue weighted by Gasteiger charge is 2.53. The Hall–Kier alpha value is 0. The van der Waals surface area contributed by atoms with Crippen LogP contribution in [0.4, 0.5) is 0 Å². The molecule has 0 aromatic heterocycles. The van der Waals surface area contributed by atoms with E-state index in [0.29, 0.717) is 5.41 Å². The van der Waals surface area contributed by atoms with Crippen molar-refractivity contribution in [1.29, 1.82) is 0 Å². The van der Waals surface area contributed by atoms with Crippen molar-refractivity contribution in [2.75, 3.05) is 0 Å². The average Bonchev–Trinajstić information content (AvgIpc) is 3.08. The van der Waals surface area contributed by atoms with Crippen LogP contribution in [0.15, 0.2) is 0 Å². The van der Waals surface area contributed by atoms with Gasteiger partial charge in [-0.15, -0.1) is 0 Å². The van der Waals surface area contributed by atoms with Crippen molar-refractivity contribution in [3.63, 3.8) is 0 Å². The van der Waals surface area contributed by atoms with Crippen LogP contribution in [0.1, 0.15) is 283 Å². The lowest BCUT2D eigenvalue weighted by Crippen LogP contribution is -2.51. The molecule has 4 aliphatic rings. The maximum Gasteiger partial charge on any atom is -0.0184 e. The molecule has 0 N–H and O–H groups in total. The molecule has 0 heterocycles. The van der Waals surface area contributed by atoms with Gasteiger partial charge in [0.25, 0.3) is 0 Å². The second-order valence-corrected chi connectivity index (χ2v) is 18.8. The van der Waals surface area contributed by atoms with Crippen molar-refractivity contribution in [3.8, 4) is 0 Å². The Balaban J connectivity index is 1.79. The lowest BCUT2D eigenvalue weighted by atomic mass is 9.47. The number of rotatable bonds is 4. The van der Waals surface area contributed by atoms with Gasteiger partial charge in [-0.25, -0.2) is 0 Å². The Kier molecular flexibility index (Phi) is 23.5. The first kappa shape index (κ1) is 41.8. The van der Waals surface area contributed by atoms with Gasteiger partial charge < -0.3 is 0 Å². The summed E-state index contributed by atoms with van der Waals surface area (Å²) in [5.74, 6) is 4.06. The third-order valence-electron chi connectivity index (χ3n) is 15.2. The van der Waals surface area contributed by atoms with E-state index in [0.717, 1.165) is 23.7 Å². The topological polar surface area (TPSA) is 0 Å². The van der Waals surface area contributed by atoms with Gasteiger partial charge in [0.2, 0.25) is 0 Å². The van der Waals surface area contributed by atoms with E-state index in [4.69, 9.17) is 0 Å². The summed E-state index contributed by atoms with van der Waals surface area (Å²) in [5, 5.41) is 0. The van der Waals surface area contributed by atoms with Crippen molar-refractivity contribution < 1.29 is 0 Å². The first-order valence-electron chi connectivity index (χ1n) is 24.4. The van der Waals surface area contributed by atoms with Gasteiger partial charge in [-0.2, -0.15) is 0 Å². The Morgan fingerprint density at radius 3 is 0.367 bits per heavy atom. The summed E-state index contributed by atoms with van der Waals surface area (Å²) in [6.45, 7) is 0. The molecule has 4 rings (SSSR count). The molecule has 0 aromatic carbocycles. The molecule has 0 radical (unpaired) electrons. The van der Waals surface area contributed by atoms with Crippen molar-refractivity contribution in [3.05, 3.63) is 0 Å². The molecule has 0 atom stereocenters. The molecule has 0 nitrogen and oxygen atoms in total. The molecule has 0 aliphatic heterocycles. The zero-order chi connectivity index (χ0) is 33.9. The highest BCUT2D eigenvalue weighted by Crippen LogP contribution is 2.61. The zero-order valence-electron chi connectivity index (χ0n) is 33.9. The Bertz CT molecular complexity index is 563. The fraction of sp³-hybridized carbons (Fsp3) is 1.00. The third-order valence-corrected chi connectivity index (χ3v) is 15.2. The van der Waals surface area contributed by atoms with Crippen LogP contribution in [-0.4, -0.2) is 0 Å². The summed E-state index contributed by atoms with van der Waals surface area (Å²) >= 11 is 0. The summed E-state index contributed by atoms with van der Waals surface area (Å²) in [6.07, 6.45) is 67.9. The van der Waals surface area contributed by atoms with E-state index >= 15 is 0 Å². The van der Waals surface area contributed by atoms with Gasteiger partial charge in [0.15, 0.2) is 0 Å². The molecular weight excluding hydrogens is 589 g/mol. The predicted octanol–water partition coefficient (Wildman–Crippen LogP) is 17.7. The Morgan fingerprint density at radius 1 is 0.143 bits per heavy atom. The molecule has 4 fully saturated rings. The molecule has 288 valence electrons. The maximum atomic E-state index is 1.60. The van der Waals surface area contributed by atoms with E-state index in [1.165, 1.54) is 180 Å². The predicted molar refractivity (Wildman–Crippen MR) is 220 cm³/mol. The molecule has 0 unspecified atom stereocenters. The van der Waals surface area contributed by atoms with Crippen LogP contribution in [-0.2, 0) is 0 Å². The first-order valence-corrected chi connectivity index (χ1v) is 24.4. The van der Waals surface area contributed by atoms with Crippen LogP contribution >= 0.6 is 0 Å². The fourth-order valence-electron chi connectivity index (χ4n) is 12.7. The highest BCUT2D eigenvalue weighted by atomic mass is 14.6. The minimum absolute atomic E-state index is 0.627. The molecule has 4 saturated carbocycles. The second kappa shape index (κ2) is 27.6. The summed E-state index contributed by atoms with van der Waals surface area (Å²) in [5.41, 5.74) is 0.627. The lowest BCUT2D eigenvalue weighted by molar-refractivity contribution is -0.0909. The molecular formula is C49H92. The quantitative estimate of drug-likeness (QED) is 0.277. The smallest absolute Gasteiger partial charge is 0.0184 e. The number of hydrogen-bond donors (Lipinski definition) is 0. The van der Waals surface area contributed by atoms with Crippen LogP contribution in [0.5, 0.6) is 0 Å². The van der Waals surface area contributed by atoms with E-state index in [2.05, 4.69) is 0 Å². The van der Waals surface area contributed by atoms with Gasteiger partial charge in [0.05, 0.1) is 0 Å². The monoisotopic (exact) mass is 681 g/mol. The van der Waals surface area contributed by atoms with Gasteiger partial charge in [-0.3, -0.25) is 0 Å². The van der Waals surface area contributed by atoms with Crippen LogP contribution in [0, 0.1) is 29.1 Å². The minimum Gasteiger partial charge on any atom is -0.0533 e. The van der Waals surface area contributed by atoms with E-state index in [1.54, 1.807) is 103 Å². The van der Waals surface area contributed by atoms with Crippen molar-refractivity contribution >= 4 is 0 Å². The van der Waals surface area contributed by atoms with Gasteiger partial charge in [-0.1, -0.05) is 231 Å². The van der Waals surface area contributed by atoms with E-state index in [9.17, 15) is 0 Å². The molecule has 4 aliphatic carbocycles. The van der Waals surface area contributed by atoms with E-state index < -0.39 is 0 Å². The Labute approximate surface area is 310 Å². The van der Waals surface area contributed by atoms with Crippen molar-refractivity contribution in [2.24, 2.45) is 29.1 Å². The summed E-state index contributed by atoms with van der Waals surface area (Å²) < 4.78 is 0. The second-order valence-electron chi connectivity index (χ2n) is 18.8. The lowest BCUT2D eigenvalue weighted by Gasteiger charge is -2.58. The van der Waals surface area contributed by atoms with E-state index in [-0.39, 0.29) is 0 Å². The van der Waals surface area contributed by atoms with Gasteiger partial charge in [0.1, 0.15) is 0 Å². The largest absolute Gasteiger partial charge is 0.0533 e. The minimum atomic E-state index is 0.627. The van der Waals surface area contributed by atoms with Crippen LogP contribution in [0.2, 0.25) is 0 Å². The Morgan fingerprint density at radius 2 is 0.245 bits per heavy atom. The maximum absolute atomic E-state index is 1.60. The average molecular weight is 681 g/mol. The summed E-state index contributed by atoms with van der Waals surface area (Å²) in [7, 11) is 0. The molecule has 0 saturated heterocycles. The summed E-state index contributed by atoms with van der Waals surface area (Å²) in [4.78, 5) is 0. The normalized spacial score (nSPS) is 26.9. The molecule has 0 amide bonds.